The van der Waals surface area contributed by atoms with Crippen LogP contribution in [0.1, 0.15) is 26.2 Å². The van der Waals surface area contributed by atoms with Crippen molar-refractivity contribution in [2.45, 2.75) is 37.0 Å². The standard InChI is InChI=1S/C10H19NO3S/c1-10(11,9(12)13)4-2-3-5-15-8-6-14-7-8/h8H,2-7,11H2,1H3,(H,12,13). The van der Waals surface area contributed by atoms with Gasteiger partial charge in [-0.3, -0.25) is 4.79 Å². The van der Waals surface area contributed by atoms with Gasteiger partial charge >= 0.3 is 5.97 Å². The SMILES string of the molecule is CC(N)(CCCCSC1COC1)C(=O)O. The van der Waals surface area contributed by atoms with Crippen molar-refractivity contribution in [1.29, 1.82) is 0 Å². The molecule has 0 aromatic rings. The predicted octanol–water partition coefficient (Wildman–Crippen LogP) is 1.09. The number of carboxylic acid groups (broad SMARTS) is 1. The minimum absolute atomic E-state index is 0.546. The summed E-state index contributed by atoms with van der Waals surface area (Å²) in [7, 11) is 0. The number of hydrogen-bond acceptors (Lipinski definition) is 4. The molecule has 0 amide bonds. The molecule has 3 N–H and O–H groups in total. The number of carbonyl (C=O) groups is 1. The average molecular weight is 233 g/mol. The Morgan fingerprint density at radius 2 is 2.27 bits per heavy atom. The average Bonchev–Trinajstić information content (AvgIpc) is 2.07. The van der Waals surface area contributed by atoms with Gasteiger partial charge in [-0.15, -0.1) is 0 Å². The van der Waals surface area contributed by atoms with Gasteiger partial charge in [-0.2, -0.15) is 11.8 Å². The molecule has 1 heterocycles. The molecule has 0 aromatic heterocycles. The van der Waals surface area contributed by atoms with E-state index in [-0.39, 0.29) is 0 Å². The second-order valence-corrected chi connectivity index (χ2v) is 5.62. The van der Waals surface area contributed by atoms with Crippen LogP contribution >= 0.6 is 11.8 Å². The lowest BCUT2D eigenvalue weighted by atomic mass is 9.97. The quantitative estimate of drug-likeness (QED) is 0.644. The Kier molecular flexibility index (Phi) is 4.89. The molecule has 1 rings (SSSR count). The maximum Gasteiger partial charge on any atom is 0.323 e. The van der Waals surface area contributed by atoms with Gasteiger partial charge in [0.15, 0.2) is 0 Å². The Morgan fingerprint density at radius 1 is 1.60 bits per heavy atom. The number of unbranched alkanes of at least 4 members (excludes halogenated alkanes) is 1. The van der Waals surface area contributed by atoms with Crippen LogP contribution in [-0.2, 0) is 9.53 Å². The van der Waals surface area contributed by atoms with Crippen molar-refractivity contribution in [3.8, 4) is 0 Å². The normalized spacial score (nSPS) is 20.7. The molecule has 4 nitrogen and oxygen atoms in total. The summed E-state index contributed by atoms with van der Waals surface area (Å²) in [5, 5.41) is 9.45. The first-order valence-corrected chi connectivity index (χ1v) is 6.29. The largest absolute Gasteiger partial charge is 0.480 e. The Bertz CT molecular complexity index is 217. The van der Waals surface area contributed by atoms with Crippen molar-refractivity contribution in [1.82, 2.24) is 0 Å². The maximum atomic E-state index is 10.7. The summed E-state index contributed by atoms with van der Waals surface area (Å²) in [6.45, 7) is 3.31. The van der Waals surface area contributed by atoms with Gasteiger partial charge in [-0.05, 0) is 25.5 Å². The molecule has 0 aliphatic carbocycles. The molecule has 15 heavy (non-hydrogen) atoms. The van der Waals surface area contributed by atoms with Gasteiger partial charge in [0.1, 0.15) is 5.54 Å². The highest BCUT2D eigenvalue weighted by Crippen LogP contribution is 2.21. The fraction of sp³-hybridized carbons (Fsp3) is 0.900. The second-order valence-electron chi connectivity index (χ2n) is 4.21. The first-order valence-electron chi connectivity index (χ1n) is 5.24. The van der Waals surface area contributed by atoms with E-state index in [4.69, 9.17) is 15.6 Å². The van der Waals surface area contributed by atoms with Crippen LogP contribution in [0.25, 0.3) is 0 Å². The summed E-state index contributed by atoms with van der Waals surface area (Å²) in [6.07, 6.45) is 2.45. The molecule has 5 heteroatoms. The number of aliphatic carboxylic acids is 1. The van der Waals surface area contributed by atoms with E-state index in [9.17, 15) is 4.79 Å². The van der Waals surface area contributed by atoms with Gasteiger partial charge in [-0.25, -0.2) is 0 Å². The van der Waals surface area contributed by atoms with E-state index in [1.165, 1.54) is 0 Å². The lowest BCUT2D eigenvalue weighted by molar-refractivity contribution is -0.142. The topological polar surface area (TPSA) is 72.5 Å². The van der Waals surface area contributed by atoms with Crippen LogP contribution < -0.4 is 5.73 Å². The molecular formula is C10H19NO3S. The van der Waals surface area contributed by atoms with Crippen molar-refractivity contribution < 1.29 is 14.6 Å². The summed E-state index contributed by atoms with van der Waals surface area (Å²) in [5.74, 6) is 0.159. The molecule has 1 aliphatic rings. The van der Waals surface area contributed by atoms with Crippen LogP contribution in [0.5, 0.6) is 0 Å². The number of rotatable bonds is 7. The molecule has 0 bridgehead atoms. The molecule has 1 saturated heterocycles. The highest BCUT2D eigenvalue weighted by molar-refractivity contribution is 8.00. The molecule has 1 aliphatic heterocycles. The number of ether oxygens (including phenoxy) is 1. The fourth-order valence-corrected chi connectivity index (χ4v) is 2.35. The second kappa shape index (κ2) is 5.72. The third-order valence-corrected chi connectivity index (χ3v) is 3.81. The number of thioether (sulfide) groups is 1. The van der Waals surface area contributed by atoms with Crippen molar-refractivity contribution in [3.05, 3.63) is 0 Å². The van der Waals surface area contributed by atoms with E-state index in [1.807, 2.05) is 11.8 Å². The van der Waals surface area contributed by atoms with E-state index in [1.54, 1.807) is 6.92 Å². The van der Waals surface area contributed by atoms with Crippen LogP contribution in [0.2, 0.25) is 0 Å². The summed E-state index contributed by atoms with van der Waals surface area (Å²) < 4.78 is 5.06. The van der Waals surface area contributed by atoms with E-state index >= 15 is 0 Å². The van der Waals surface area contributed by atoms with Crippen LogP contribution in [0.3, 0.4) is 0 Å². The Balaban J connectivity index is 1.98. The third-order valence-electron chi connectivity index (χ3n) is 2.54. The molecule has 0 radical (unpaired) electrons. The smallest absolute Gasteiger partial charge is 0.323 e. The Labute approximate surface area is 94.6 Å². The van der Waals surface area contributed by atoms with Crippen LogP contribution in [0, 0.1) is 0 Å². The minimum atomic E-state index is -1.07. The number of nitrogens with two attached hydrogens (primary N) is 1. The molecule has 0 saturated carbocycles. The Hall–Kier alpha value is -0.260. The molecule has 88 valence electrons. The summed E-state index contributed by atoms with van der Waals surface area (Å²) >= 11 is 1.91. The van der Waals surface area contributed by atoms with Gasteiger partial charge in [0.2, 0.25) is 0 Å². The van der Waals surface area contributed by atoms with Gasteiger partial charge in [-0.1, -0.05) is 6.42 Å². The molecule has 0 spiro atoms. The van der Waals surface area contributed by atoms with Crippen LogP contribution in [0.4, 0.5) is 0 Å². The summed E-state index contributed by atoms with van der Waals surface area (Å²) in [6, 6.07) is 0. The maximum absolute atomic E-state index is 10.7. The van der Waals surface area contributed by atoms with Crippen molar-refractivity contribution >= 4 is 17.7 Å². The first-order chi connectivity index (χ1) is 7.02. The van der Waals surface area contributed by atoms with E-state index in [2.05, 4.69) is 0 Å². The van der Waals surface area contributed by atoms with E-state index in [0.29, 0.717) is 11.7 Å². The highest BCUT2D eigenvalue weighted by Gasteiger charge is 2.26. The van der Waals surface area contributed by atoms with E-state index in [0.717, 1.165) is 31.8 Å². The van der Waals surface area contributed by atoms with Gasteiger partial charge in [0, 0.05) is 0 Å². The van der Waals surface area contributed by atoms with E-state index < -0.39 is 11.5 Å². The monoisotopic (exact) mass is 233 g/mol. The number of carboxylic acids is 1. The van der Waals surface area contributed by atoms with Crippen LogP contribution in [0.15, 0.2) is 0 Å². The third kappa shape index (κ3) is 4.40. The lowest BCUT2D eigenvalue weighted by Crippen LogP contribution is -2.44. The summed E-state index contributed by atoms with van der Waals surface area (Å²) in [5.41, 5.74) is 4.55. The minimum Gasteiger partial charge on any atom is -0.480 e. The fourth-order valence-electron chi connectivity index (χ4n) is 1.26. The Morgan fingerprint density at radius 3 is 2.73 bits per heavy atom. The molecule has 0 aromatic carbocycles. The molecule has 1 fully saturated rings. The predicted molar refractivity (Wildman–Crippen MR) is 61.1 cm³/mol. The highest BCUT2D eigenvalue weighted by atomic mass is 32.2. The van der Waals surface area contributed by atoms with Crippen molar-refractivity contribution in [2.75, 3.05) is 19.0 Å². The van der Waals surface area contributed by atoms with Gasteiger partial charge in [0.25, 0.3) is 0 Å². The van der Waals surface area contributed by atoms with Crippen molar-refractivity contribution in [2.24, 2.45) is 5.73 Å². The van der Waals surface area contributed by atoms with Crippen molar-refractivity contribution in [3.63, 3.8) is 0 Å². The molecule has 1 unspecified atom stereocenters. The zero-order chi connectivity index (χ0) is 11.3. The molecule has 1 atom stereocenters. The number of hydrogen-bond donors (Lipinski definition) is 2. The van der Waals surface area contributed by atoms with Crippen LogP contribution in [-0.4, -0.2) is 40.8 Å². The summed E-state index contributed by atoms with van der Waals surface area (Å²) in [4.78, 5) is 10.7. The first kappa shape index (κ1) is 12.8. The zero-order valence-corrected chi connectivity index (χ0v) is 9.89. The zero-order valence-electron chi connectivity index (χ0n) is 9.07. The van der Waals surface area contributed by atoms with Gasteiger partial charge < -0.3 is 15.6 Å². The molecular weight excluding hydrogens is 214 g/mol. The van der Waals surface area contributed by atoms with Gasteiger partial charge in [0.05, 0.1) is 18.5 Å². The lowest BCUT2D eigenvalue weighted by Gasteiger charge is -2.25.